The van der Waals surface area contributed by atoms with E-state index in [9.17, 15) is 19.2 Å². The predicted octanol–water partition coefficient (Wildman–Crippen LogP) is 4.71. The molecule has 0 unspecified atom stereocenters. The van der Waals surface area contributed by atoms with Gasteiger partial charge in [-0.25, -0.2) is 9.59 Å². The molecular weight excluding hydrogens is 470 g/mol. The molecule has 3 aromatic rings. The Kier molecular flexibility index (Phi) is 7.67. The Hall–Kier alpha value is -4.46. The number of nitrogens with one attached hydrogen (secondary N) is 1. The summed E-state index contributed by atoms with van der Waals surface area (Å²) < 4.78 is 7.24. The molecule has 0 atom stereocenters. The summed E-state index contributed by atoms with van der Waals surface area (Å²) in [6, 6.07) is 17.3. The van der Waals surface area contributed by atoms with Crippen LogP contribution in [0.4, 0.5) is 4.79 Å². The van der Waals surface area contributed by atoms with Crippen molar-refractivity contribution in [2.75, 3.05) is 6.61 Å². The number of carbonyl (C=O) groups excluding carboxylic acids is 4. The topological polar surface area (TPSA) is 97.7 Å². The van der Waals surface area contributed by atoms with Gasteiger partial charge >= 0.3 is 12.0 Å². The van der Waals surface area contributed by atoms with E-state index in [0.29, 0.717) is 17.7 Å². The molecule has 0 aliphatic carbocycles. The van der Waals surface area contributed by atoms with Crippen LogP contribution in [-0.4, -0.2) is 39.9 Å². The molecule has 1 saturated heterocycles. The maximum absolute atomic E-state index is 13.1. The van der Waals surface area contributed by atoms with Crippen molar-refractivity contribution in [3.05, 3.63) is 94.3 Å². The van der Waals surface area contributed by atoms with Crippen LogP contribution in [0.15, 0.2) is 66.2 Å². The summed E-state index contributed by atoms with van der Waals surface area (Å²) in [5.74, 6) is -1.73. The number of aromatic nitrogens is 1. The lowest BCUT2D eigenvalue weighted by molar-refractivity contribution is -0.130. The number of hydrogen-bond acceptors (Lipinski definition) is 5. The zero-order chi connectivity index (χ0) is 26.5. The summed E-state index contributed by atoms with van der Waals surface area (Å²) in [5.41, 5.74) is 4.31. The number of unbranched alkanes of at least 4 members (excludes halogenated alkanes) is 1. The van der Waals surface area contributed by atoms with Crippen LogP contribution in [0.25, 0.3) is 11.8 Å². The van der Waals surface area contributed by atoms with Crippen molar-refractivity contribution < 1.29 is 23.9 Å². The quantitative estimate of drug-likeness (QED) is 0.209. The molecule has 1 aromatic heterocycles. The molecule has 1 fully saturated rings. The molecule has 4 amide bonds. The van der Waals surface area contributed by atoms with Gasteiger partial charge in [-0.1, -0.05) is 43.7 Å². The van der Waals surface area contributed by atoms with Gasteiger partial charge in [0.15, 0.2) is 0 Å². The number of ether oxygens (including phenoxy) is 1. The third kappa shape index (κ3) is 5.53. The average molecular weight is 500 g/mol. The molecule has 1 N–H and O–H groups in total. The van der Waals surface area contributed by atoms with Crippen molar-refractivity contribution >= 4 is 29.9 Å². The first kappa shape index (κ1) is 25.6. The van der Waals surface area contributed by atoms with Crippen LogP contribution in [-0.2, 0) is 20.9 Å². The summed E-state index contributed by atoms with van der Waals surface area (Å²) >= 11 is 0. The average Bonchev–Trinajstić information content (AvgIpc) is 3.17. The van der Waals surface area contributed by atoms with Gasteiger partial charge in [-0.3, -0.25) is 19.8 Å². The summed E-state index contributed by atoms with van der Waals surface area (Å²) in [4.78, 5) is 51.4. The number of benzene rings is 2. The molecule has 190 valence electrons. The van der Waals surface area contributed by atoms with E-state index in [1.807, 2.05) is 73.9 Å². The van der Waals surface area contributed by atoms with E-state index in [2.05, 4.69) is 5.32 Å². The number of carbonyl (C=O) groups is 4. The molecule has 0 bridgehead atoms. The van der Waals surface area contributed by atoms with Crippen molar-refractivity contribution in [3.63, 3.8) is 0 Å². The normalized spacial score (nSPS) is 14.7. The third-order valence-corrected chi connectivity index (χ3v) is 6.23. The van der Waals surface area contributed by atoms with Gasteiger partial charge in [0.2, 0.25) is 0 Å². The van der Waals surface area contributed by atoms with Crippen LogP contribution in [0.3, 0.4) is 0 Å². The first-order chi connectivity index (χ1) is 17.8. The van der Waals surface area contributed by atoms with Crippen LogP contribution in [0.2, 0.25) is 0 Å². The van der Waals surface area contributed by atoms with Gasteiger partial charge in [0, 0.05) is 17.1 Å². The van der Waals surface area contributed by atoms with Crippen molar-refractivity contribution in [1.82, 2.24) is 14.8 Å². The van der Waals surface area contributed by atoms with Gasteiger partial charge in [-0.2, -0.15) is 0 Å². The Morgan fingerprint density at radius 3 is 2.38 bits per heavy atom. The maximum Gasteiger partial charge on any atom is 0.338 e. The van der Waals surface area contributed by atoms with Gasteiger partial charge in [-0.15, -0.1) is 0 Å². The number of imide groups is 2. The number of urea groups is 1. The molecule has 0 spiro atoms. The monoisotopic (exact) mass is 499 g/mol. The molecule has 8 nitrogen and oxygen atoms in total. The highest BCUT2D eigenvalue weighted by Gasteiger charge is 2.36. The van der Waals surface area contributed by atoms with Crippen LogP contribution >= 0.6 is 0 Å². The molecule has 0 radical (unpaired) electrons. The fourth-order valence-corrected chi connectivity index (χ4v) is 4.23. The lowest BCUT2D eigenvalue weighted by atomic mass is 10.1. The second-order valence-electron chi connectivity index (χ2n) is 8.89. The zero-order valence-corrected chi connectivity index (χ0v) is 21.1. The summed E-state index contributed by atoms with van der Waals surface area (Å²) in [5, 5.41) is 2.27. The SMILES string of the molecule is CCCCOC(=O)c1ccc(-n2c(C)cc(/C=C3\C(=O)NC(=O)N(Cc4ccccc4)C3=O)c2C)cc1. The number of hydrogen-bond donors (Lipinski definition) is 1. The highest BCUT2D eigenvalue weighted by molar-refractivity contribution is 6.31. The zero-order valence-electron chi connectivity index (χ0n) is 21.1. The van der Waals surface area contributed by atoms with E-state index in [-0.39, 0.29) is 18.1 Å². The number of aryl methyl sites for hydroxylation is 1. The Balaban J connectivity index is 1.59. The van der Waals surface area contributed by atoms with Crippen LogP contribution in [0.1, 0.15) is 52.6 Å². The number of rotatable bonds is 8. The maximum atomic E-state index is 13.1. The van der Waals surface area contributed by atoms with Gasteiger partial charge < -0.3 is 9.30 Å². The van der Waals surface area contributed by atoms with Crippen molar-refractivity contribution in [3.8, 4) is 5.69 Å². The van der Waals surface area contributed by atoms with E-state index in [1.54, 1.807) is 12.1 Å². The predicted molar refractivity (Wildman–Crippen MR) is 139 cm³/mol. The molecule has 4 rings (SSSR count). The van der Waals surface area contributed by atoms with Crippen LogP contribution in [0.5, 0.6) is 0 Å². The second-order valence-corrected chi connectivity index (χ2v) is 8.89. The summed E-state index contributed by atoms with van der Waals surface area (Å²) in [6.45, 7) is 6.28. The minimum atomic E-state index is -0.741. The van der Waals surface area contributed by atoms with Crippen molar-refractivity contribution in [1.29, 1.82) is 0 Å². The highest BCUT2D eigenvalue weighted by atomic mass is 16.5. The molecule has 2 heterocycles. The van der Waals surface area contributed by atoms with E-state index in [4.69, 9.17) is 4.74 Å². The molecule has 1 aliphatic rings. The Bertz CT molecular complexity index is 1370. The van der Waals surface area contributed by atoms with Crippen LogP contribution in [0, 0.1) is 13.8 Å². The number of esters is 1. The van der Waals surface area contributed by atoms with Gasteiger partial charge in [0.1, 0.15) is 5.57 Å². The first-order valence-electron chi connectivity index (χ1n) is 12.2. The van der Waals surface area contributed by atoms with E-state index < -0.39 is 17.8 Å². The van der Waals surface area contributed by atoms with E-state index in [0.717, 1.165) is 40.4 Å². The molecular formula is C29H29N3O5. The summed E-state index contributed by atoms with van der Waals surface area (Å²) in [7, 11) is 0. The van der Waals surface area contributed by atoms with Gasteiger partial charge in [-0.05, 0) is 67.8 Å². The van der Waals surface area contributed by atoms with Gasteiger partial charge in [0.05, 0.1) is 18.7 Å². The minimum absolute atomic E-state index is 0.0579. The second kappa shape index (κ2) is 11.1. The Morgan fingerprint density at radius 2 is 1.70 bits per heavy atom. The standard InChI is InChI=1S/C29H29N3O5/c1-4-5-15-37-28(35)22-11-13-24(14-12-22)32-19(2)16-23(20(32)3)17-25-26(33)30-29(36)31(27(25)34)18-21-9-7-6-8-10-21/h6-14,16-17H,4-5,15,18H2,1-3H3,(H,30,33,36)/b25-17+. The lowest BCUT2D eigenvalue weighted by Gasteiger charge is -2.26. The molecule has 0 saturated carbocycles. The fourth-order valence-electron chi connectivity index (χ4n) is 4.23. The molecule has 2 aromatic carbocycles. The molecule has 8 heteroatoms. The third-order valence-electron chi connectivity index (χ3n) is 6.23. The number of amides is 4. The first-order valence-corrected chi connectivity index (χ1v) is 12.2. The van der Waals surface area contributed by atoms with Crippen molar-refractivity contribution in [2.45, 2.75) is 40.2 Å². The number of barbiturate groups is 1. The molecule has 1 aliphatic heterocycles. The van der Waals surface area contributed by atoms with E-state index >= 15 is 0 Å². The van der Waals surface area contributed by atoms with Gasteiger partial charge in [0.25, 0.3) is 11.8 Å². The highest BCUT2D eigenvalue weighted by Crippen LogP contribution is 2.25. The lowest BCUT2D eigenvalue weighted by Crippen LogP contribution is -2.53. The largest absolute Gasteiger partial charge is 0.462 e. The number of nitrogens with zero attached hydrogens (tertiary/aromatic N) is 2. The van der Waals surface area contributed by atoms with E-state index in [1.165, 1.54) is 6.08 Å². The summed E-state index contributed by atoms with van der Waals surface area (Å²) in [6.07, 6.45) is 3.29. The smallest absolute Gasteiger partial charge is 0.338 e. The van der Waals surface area contributed by atoms with Crippen LogP contribution < -0.4 is 5.32 Å². The Labute approximate surface area is 215 Å². The minimum Gasteiger partial charge on any atom is -0.462 e. The van der Waals surface area contributed by atoms with Crippen molar-refractivity contribution in [2.24, 2.45) is 0 Å². The molecule has 37 heavy (non-hydrogen) atoms. The Morgan fingerprint density at radius 1 is 1.00 bits per heavy atom. The fraction of sp³-hybridized carbons (Fsp3) is 0.241.